The molecule has 0 spiro atoms. The highest BCUT2D eigenvalue weighted by atomic mass is 15.0. The van der Waals surface area contributed by atoms with Crippen LogP contribution in [-0.2, 0) is 5.41 Å². The maximum Gasteiger partial charge on any atom is 0.0440 e. The molecule has 1 saturated carbocycles. The average Bonchev–Trinajstić information content (AvgIpc) is 2.45. The Kier molecular flexibility index (Phi) is 2.14. The Balaban J connectivity index is 2.22. The lowest BCUT2D eigenvalue weighted by Crippen LogP contribution is -2.50. The SMILES string of the molecule is Cc1cc(C)c2c(c1)NC1(C)CCCCC21C. The first kappa shape index (κ1) is 11.1. The number of fused-ring (bicyclic) bond motifs is 3. The van der Waals surface area contributed by atoms with Gasteiger partial charge in [-0.15, -0.1) is 0 Å². The van der Waals surface area contributed by atoms with Gasteiger partial charge in [0.2, 0.25) is 0 Å². The first-order valence-electron chi connectivity index (χ1n) is 6.86. The van der Waals surface area contributed by atoms with Gasteiger partial charge in [0.1, 0.15) is 0 Å². The van der Waals surface area contributed by atoms with E-state index >= 15 is 0 Å². The van der Waals surface area contributed by atoms with Crippen molar-refractivity contribution in [2.24, 2.45) is 0 Å². The quantitative estimate of drug-likeness (QED) is 0.698. The molecule has 1 heteroatoms. The second kappa shape index (κ2) is 3.28. The summed E-state index contributed by atoms with van der Waals surface area (Å²) in [7, 11) is 0. The number of hydrogen-bond acceptors (Lipinski definition) is 1. The first-order valence-corrected chi connectivity index (χ1v) is 6.86. The van der Waals surface area contributed by atoms with Crippen LogP contribution in [0.4, 0.5) is 5.69 Å². The Hall–Kier alpha value is -0.980. The molecule has 17 heavy (non-hydrogen) atoms. The summed E-state index contributed by atoms with van der Waals surface area (Å²) < 4.78 is 0. The summed E-state index contributed by atoms with van der Waals surface area (Å²) in [4.78, 5) is 0. The summed E-state index contributed by atoms with van der Waals surface area (Å²) in [6.07, 6.45) is 5.37. The van der Waals surface area contributed by atoms with Gasteiger partial charge < -0.3 is 5.32 Å². The van der Waals surface area contributed by atoms with Crippen molar-refractivity contribution in [3.63, 3.8) is 0 Å². The monoisotopic (exact) mass is 229 g/mol. The van der Waals surface area contributed by atoms with Crippen molar-refractivity contribution in [2.75, 3.05) is 5.32 Å². The lowest BCUT2D eigenvalue weighted by Gasteiger charge is -2.46. The largest absolute Gasteiger partial charge is 0.379 e. The molecule has 2 atom stereocenters. The van der Waals surface area contributed by atoms with Crippen LogP contribution >= 0.6 is 0 Å². The molecule has 0 aromatic heterocycles. The molecule has 1 aliphatic carbocycles. The Morgan fingerprint density at radius 3 is 2.53 bits per heavy atom. The Bertz CT molecular complexity index is 477. The molecule has 1 aliphatic heterocycles. The second-order valence-corrected chi connectivity index (χ2v) is 6.50. The fraction of sp³-hybridized carbons (Fsp3) is 0.625. The maximum absolute atomic E-state index is 3.83. The van der Waals surface area contributed by atoms with Crippen molar-refractivity contribution >= 4 is 5.69 Å². The Morgan fingerprint density at radius 2 is 1.76 bits per heavy atom. The van der Waals surface area contributed by atoms with E-state index in [1.165, 1.54) is 42.5 Å². The number of anilines is 1. The van der Waals surface area contributed by atoms with Crippen LogP contribution in [0, 0.1) is 13.8 Å². The van der Waals surface area contributed by atoms with Crippen molar-refractivity contribution in [1.29, 1.82) is 0 Å². The van der Waals surface area contributed by atoms with Crippen molar-refractivity contribution in [2.45, 2.75) is 64.3 Å². The normalized spacial score (nSPS) is 35.1. The molecule has 0 radical (unpaired) electrons. The van der Waals surface area contributed by atoms with Crippen LogP contribution in [-0.4, -0.2) is 5.54 Å². The molecular formula is C16H23N. The predicted molar refractivity (Wildman–Crippen MR) is 73.8 cm³/mol. The molecule has 1 fully saturated rings. The Morgan fingerprint density at radius 1 is 1.06 bits per heavy atom. The number of nitrogens with one attached hydrogen (secondary N) is 1. The molecule has 92 valence electrons. The third kappa shape index (κ3) is 1.31. The standard InChI is InChI=1S/C16H23N/c1-11-9-12(2)14-13(10-11)17-16(4)8-6-5-7-15(14,16)3/h9-10,17H,5-8H2,1-4H3. The van der Waals surface area contributed by atoms with Crippen LogP contribution in [0.3, 0.4) is 0 Å². The van der Waals surface area contributed by atoms with Crippen molar-refractivity contribution < 1.29 is 0 Å². The molecule has 3 rings (SSSR count). The number of benzene rings is 1. The molecule has 1 heterocycles. The number of aryl methyl sites for hydroxylation is 2. The molecule has 1 aromatic rings. The maximum atomic E-state index is 3.83. The summed E-state index contributed by atoms with van der Waals surface area (Å²) in [5.74, 6) is 0. The van der Waals surface area contributed by atoms with Gasteiger partial charge in [-0.3, -0.25) is 0 Å². The number of rotatable bonds is 0. The van der Waals surface area contributed by atoms with E-state index in [2.05, 4.69) is 45.1 Å². The molecule has 0 saturated heterocycles. The predicted octanol–water partition coefficient (Wildman–Crippen LogP) is 4.32. The topological polar surface area (TPSA) is 12.0 Å². The highest BCUT2D eigenvalue weighted by molar-refractivity contribution is 5.68. The van der Waals surface area contributed by atoms with Crippen LogP contribution in [0.15, 0.2) is 12.1 Å². The third-order valence-corrected chi connectivity index (χ3v) is 5.26. The molecule has 2 unspecified atom stereocenters. The van der Waals surface area contributed by atoms with Crippen LogP contribution in [0.5, 0.6) is 0 Å². The highest BCUT2D eigenvalue weighted by Crippen LogP contribution is 2.55. The first-order chi connectivity index (χ1) is 7.96. The van der Waals surface area contributed by atoms with E-state index in [1.54, 1.807) is 5.56 Å². The molecule has 1 N–H and O–H groups in total. The minimum atomic E-state index is 0.270. The summed E-state index contributed by atoms with van der Waals surface area (Å²) in [6, 6.07) is 4.67. The minimum Gasteiger partial charge on any atom is -0.379 e. The van der Waals surface area contributed by atoms with Gasteiger partial charge in [-0.25, -0.2) is 0 Å². The lowest BCUT2D eigenvalue weighted by atomic mass is 9.61. The molecule has 1 aromatic carbocycles. The summed E-state index contributed by atoms with van der Waals surface area (Å²) >= 11 is 0. The lowest BCUT2D eigenvalue weighted by molar-refractivity contribution is 0.213. The van der Waals surface area contributed by atoms with E-state index < -0.39 is 0 Å². The zero-order valence-electron chi connectivity index (χ0n) is 11.5. The molecule has 1 nitrogen and oxygen atoms in total. The zero-order valence-corrected chi connectivity index (χ0v) is 11.5. The van der Waals surface area contributed by atoms with Gasteiger partial charge >= 0.3 is 0 Å². The Labute approximate surface area is 105 Å². The zero-order chi connectivity index (χ0) is 12.3. The van der Waals surface area contributed by atoms with Crippen molar-refractivity contribution in [3.05, 3.63) is 28.8 Å². The van der Waals surface area contributed by atoms with Crippen molar-refractivity contribution in [3.8, 4) is 0 Å². The van der Waals surface area contributed by atoms with Gasteiger partial charge in [-0.05, 0) is 56.4 Å². The minimum absolute atomic E-state index is 0.270. The fourth-order valence-corrected chi connectivity index (χ4v) is 4.21. The van der Waals surface area contributed by atoms with E-state index in [9.17, 15) is 0 Å². The van der Waals surface area contributed by atoms with E-state index in [0.717, 1.165) is 0 Å². The second-order valence-electron chi connectivity index (χ2n) is 6.50. The van der Waals surface area contributed by atoms with Crippen LogP contribution in [0.25, 0.3) is 0 Å². The summed E-state index contributed by atoms with van der Waals surface area (Å²) in [6.45, 7) is 9.36. The van der Waals surface area contributed by atoms with Gasteiger partial charge in [0.05, 0.1) is 0 Å². The molecule has 0 amide bonds. The van der Waals surface area contributed by atoms with Crippen LogP contribution in [0.1, 0.15) is 56.2 Å². The van der Waals surface area contributed by atoms with Gasteiger partial charge in [-0.1, -0.05) is 25.8 Å². The van der Waals surface area contributed by atoms with Crippen LogP contribution < -0.4 is 5.32 Å². The smallest absolute Gasteiger partial charge is 0.0440 e. The van der Waals surface area contributed by atoms with E-state index in [1.807, 2.05) is 0 Å². The highest BCUT2D eigenvalue weighted by Gasteiger charge is 2.53. The van der Waals surface area contributed by atoms with Crippen LogP contribution in [0.2, 0.25) is 0 Å². The van der Waals surface area contributed by atoms with Gasteiger partial charge in [0.25, 0.3) is 0 Å². The third-order valence-electron chi connectivity index (χ3n) is 5.26. The van der Waals surface area contributed by atoms with Gasteiger partial charge in [0.15, 0.2) is 0 Å². The van der Waals surface area contributed by atoms with Crippen molar-refractivity contribution in [1.82, 2.24) is 0 Å². The van der Waals surface area contributed by atoms with Gasteiger partial charge in [0, 0.05) is 16.6 Å². The molecule has 0 bridgehead atoms. The molecular weight excluding hydrogens is 206 g/mol. The summed E-state index contributed by atoms with van der Waals surface area (Å²) in [5, 5.41) is 3.83. The van der Waals surface area contributed by atoms with E-state index in [4.69, 9.17) is 0 Å². The molecule has 2 aliphatic rings. The average molecular weight is 229 g/mol. The summed E-state index contributed by atoms with van der Waals surface area (Å²) in [5.41, 5.74) is 6.43. The van der Waals surface area contributed by atoms with E-state index in [-0.39, 0.29) is 5.54 Å². The fourth-order valence-electron chi connectivity index (χ4n) is 4.21. The van der Waals surface area contributed by atoms with E-state index in [0.29, 0.717) is 5.41 Å². The number of hydrogen-bond donors (Lipinski definition) is 1. The van der Waals surface area contributed by atoms with Gasteiger partial charge in [-0.2, -0.15) is 0 Å².